The fourth-order valence-corrected chi connectivity index (χ4v) is 2.49. The van der Waals surface area contributed by atoms with E-state index in [0.29, 0.717) is 12.6 Å². The molecule has 0 radical (unpaired) electrons. The number of benzene rings is 1. The van der Waals surface area contributed by atoms with Crippen molar-refractivity contribution in [3.8, 4) is 5.75 Å². The summed E-state index contributed by atoms with van der Waals surface area (Å²) in [4.78, 5) is 0. The van der Waals surface area contributed by atoms with Gasteiger partial charge in [-0.2, -0.15) is 0 Å². The van der Waals surface area contributed by atoms with Crippen LogP contribution < -0.4 is 10.1 Å². The molecular weight excluding hydrogens is 214 g/mol. The summed E-state index contributed by atoms with van der Waals surface area (Å²) in [6.45, 7) is 3.56. The molecule has 1 aliphatic carbocycles. The van der Waals surface area contributed by atoms with E-state index in [-0.39, 0.29) is 6.61 Å². The van der Waals surface area contributed by atoms with E-state index in [1.807, 2.05) is 6.07 Å². The van der Waals surface area contributed by atoms with Crippen molar-refractivity contribution < 1.29 is 9.84 Å². The summed E-state index contributed by atoms with van der Waals surface area (Å²) in [5.74, 6) is 0.864. The van der Waals surface area contributed by atoms with E-state index in [1.54, 1.807) is 0 Å². The van der Waals surface area contributed by atoms with Gasteiger partial charge in [-0.05, 0) is 49.1 Å². The Hall–Kier alpha value is -1.06. The molecule has 1 aromatic rings. The number of aliphatic hydroxyl groups is 1. The van der Waals surface area contributed by atoms with Crippen LogP contribution in [0.3, 0.4) is 0 Å². The highest BCUT2D eigenvalue weighted by Gasteiger charge is 2.19. The Labute approximate surface area is 103 Å². The first-order valence-corrected chi connectivity index (χ1v) is 6.45. The summed E-state index contributed by atoms with van der Waals surface area (Å²) in [6.07, 6.45) is 3.61. The maximum atomic E-state index is 8.76. The summed E-state index contributed by atoms with van der Waals surface area (Å²) in [5.41, 5.74) is 2.80. The van der Waals surface area contributed by atoms with Crippen LogP contribution in [-0.4, -0.2) is 24.9 Å². The molecule has 17 heavy (non-hydrogen) atoms. The van der Waals surface area contributed by atoms with Crippen molar-refractivity contribution in [2.75, 3.05) is 19.8 Å². The molecule has 2 rings (SSSR count). The second-order valence-electron chi connectivity index (χ2n) is 4.44. The van der Waals surface area contributed by atoms with Crippen molar-refractivity contribution >= 4 is 0 Å². The van der Waals surface area contributed by atoms with Gasteiger partial charge < -0.3 is 15.2 Å². The number of ether oxygens (including phenoxy) is 1. The smallest absolute Gasteiger partial charge is 0.119 e. The van der Waals surface area contributed by atoms with Gasteiger partial charge in [0.15, 0.2) is 0 Å². The van der Waals surface area contributed by atoms with Gasteiger partial charge in [0.2, 0.25) is 0 Å². The zero-order chi connectivity index (χ0) is 12.1. The lowest BCUT2D eigenvalue weighted by atomic mass is 9.87. The third-order valence-corrected chi connectivity index (χ3v) is 3.24. The van der Waals surface area contributed by atoms with Crippen LogP contribution in [0.1, 0.15) is 36.9 Å². The van der Waals surface area contributed by atoms with Crippen LogP contribution in [0, 0.1) is 0 Å². The van der Waals surface area contributed by atoms with Gasteiger partial charge in [0.25, 0.3) is 0 Å². The van der Waals surface area contributed by atoms with Crippen molar-refractivity contribution in [2.24, 2.45) is 0 Å². The lowest BCUT2D eigenvalue weighted by molar-refractivity contribution is 0.201. The van der Waals surface area contributed by atoms with Crippen LogP contribution in [0.5, 0.6) is 5.75 Å². The van der Waals surface area contributed by atoms with Crippen molar-refractivity contribution in [1.29, 1.82) is 0 Å². The van der Waals surface area contributed by atoms with Crippen LogP contribution in [0.4, 0.5) is 0 Å². The van der Waals surface area contributed by atoms with E-state index in [2.05, 4.69) is 24.4 Å². The molecule has 1 unspecified atom stereocenters. The van der Waals surface area contributed by atoms with Gasteiger partial charge in [-0.3, -0.25) is 0 Å². The standard InChI is InChI=1S/C14H21NO2/c1-2-15-14-5-3-4-11-6-7-12(10-13(11)14)17-9-8-16/h6-7,10,14-16H,2-5,8-9H2,1H3. The largest absolute Gasteiger partial charge is 0.491 e. The average Bonchev–Trinajstić information content (AvgIpc) is 2.37. The summed E-state index contributed by atoms with van der Waals surface area (Å²) < 4.78 is 5.47. The number of aliphatic hydroxyl groups excluding tert-OH is 1. The molecule has 1 aliphatic rings. The van der Waals surface area contributed by atoms with Crippen LogP contribution in [0.2, 0.25) is 0 Å². The van der Waals surface area contributed by atoms with Crippen LogP contribution in [0.25, 0.3) is 0 Å². The van der Waals surface area contributed by atoms with E-state index in [0.717, 1.165) is 18.7 Å². The molecule has 0 amide bonds. The zero-order valence-corrected chi connectivity index (χ0v) is 10.4. The van der Waals surface area contributed by atoms with Gasteiger partial charge in [-0.1, -0.05) is 13.0 Å². The van der Waals surface area contributed by atoms with E-state index in [9.17, 15) is 0 Å². The Morgan fingerprint density at radius 2 is 2.35 bits per heavy atom. The number of hydrogen-bond donors (Lipinski definition) is 2. The van der Waals surface area contributed by atoms with Crippen LogP contribution >= 0.6 is 0 Å². The van der Waals surface area contributed by atoms with E-state index < -0.39 is 0 Å². The molecule has 0 aliphatic heterocycles. The Balaban J connectivity index is 2.18. The Kier molecular flexibility index (Phi) is 4.40. The highest BCUT2D eigenvalue weighted by molar-refractivity contribution is 5.39. The quantitative estimate of drug-likeness (QED) is 0.820. The fraction of sp³-hybridized carbons (Fsp3) is 0.571. The first kappa shape index (κ1) is 12.4. The number of hydrogen-bond acceptors (Lipinski definition) is 3. The number of rotatable bonds is 5. The molecule has 1 aromatic carbocycles. The Bertz CT molecular complexity index is 365. The van der Waals surface area contributed by atoms with Crippen LogP contribution in [0.15, 0.2) is 18.2 Å². The highest BCUT2D eigenvalue weighted by Crippen LogP contribution is 2.32. The fourth-order valence-electron chi connectivity index (χ4n) is 2.49. The molecule has 0 saturated carbocycles. The summed E-state index contributed by atoms with van der Waals surface area (Å²) in [7, 11) is 0. The zero-order valence-electron chi connectivity index (χ0n) is 10.4. The Morgan fingerprint density at radius 3 is 3.12 bits per heavy atom. The van der Waals surface area contributed by atoms with Crippen molar-refractivity contribution in [2.45, 2.75) is 32.2 Å². The second-order valence-corrected chi connectivity index (χ2v) is 4.44. The minimum atomic E-state index is 0.0632. The molecule has 0 spiro atoms. The van der Waals surface area contributed by atoms with Gasteiger partial charge in [-0.15, -0.1) is 0 Å². The molecule has 3 heteroatoms. The van der Waals surface area contributed by atoms with Crippen molar-refractivity contribution in [3.63, 3.8) is 0 Å². The van der Waals surface area contributed by atoms with Gasteiger partial charge in [0.05, 0.1) is 6.61 Å². The maximum Gasteiger partial charge on any atom is 0.119 e. The lowest BCUT2D eigenvalue weighted by Crippen LogP contribution is -2.24. The average molecular weight is 235 g/mol. The van der Waals surface area contributed by atoms with E-state index in [1.165, 1.54) is 24.0 Å². The molecule has 0 aromatic heterocycles. The SMILES string of the molecule is CCNC1CCCc2ccc(OCCO)cc21. The van der Waals surface area contributed by atoms with E-state index >= 15 is 0 Å². The minimum Gasteiger partial charge on any atom is -0.491 e. The number of aryl methyl sites for hydroxylation is 1. The van der Waals surface area contributed by atoms with E-state index in [4.69, 9.17) is 9.84 Å². The first-order valence-electron chi connectivity index (χ1n) is 6.45. The molecule has 0 bridgehead atoms. The molecule has 3 nitrogen and oxygen atoms in total. The third kappa shape index (κ3) is 2.99. The minimum absolute atomic E-state index is 0.0632. The molecule has 94 valence electrons. The van der Waals surface area contributed by atoms with Crippen molar-refractivity contribution in [1.82, 2.24) is 5.32 Å². The predicted octanol–water partition coefficient (Wildman–Crippen LogP) is 2.04. The third-order valence-electron chi connectivity index (χ3n) is 3.24. The summed E-state index contributed by atoms with van der Waals surface area (Å²) >= 11 is 0. The molecule has 0 heterocycles. The monoisotopic (exact) mass is 235 g/mol. The number of nitrogens with one attached hydrogen (secondary N) is 1. The van der Waals surface area contributed by atoms with Gasteiger partial charge in [0, 0.05) is 6.04 Å². The molecular formula is C14H21NO2. The maximum absolute atomic E-state index is 8.76. The van der Waals surface area contributed by atoms with Gasteiger partial charge >= 0.3 is 0 Å². The van der Waals surface area contributed by atoms with Crippen LogP contribution in [-0.2, 0) is 6.42 Å². The van der Waals surface area contributed by atoms with Crippen molar-refractivity contribution in [3.05, 3.63) is 29.3 Å². The molecule has 1 atom stereocenters. The summed E-state index contributed by atoms with van der Waals surface area (Å²) in [5, 5.41) is 12.3. The lowest BCUT2D eigenvalue weighted by Gasteiger charge is -2.26. The van der Waals surface area contributed by atoms with Gasteiger partial charge in [-0.25, -0.2) is 0 Å². The summed E-state index contributed by atoms with van der Waals surface area (Å²) in [6, 6.07) is 6.74. The molecule has 0 fully saturated rings. The number of fused-ring (bicyclic) bond motifs is 1. The molecule has 2 N–H and O–H groups in total. The molecule has 0 saturated heterocycles. The topological polar surface area (TPSA) is 41.5 Å². The normalized spacial score (nSPS) is 18.8. The Morgan fingerprint density at radius 1 is 1.47 bits per heavy atom. The highest BCUT2D eigenvalue weighted by atomic mass is 16.5. The first-order chi connectivity index (χ1) is 8.35. The second kappa shape index (κ2) is 6.03. The predicted molar refractivity (Wildman–Crippen MR) is 68.4 cm³/mol. The van der Waals surface area contributed by atoms with Gasteiger partial charge in [0.1, 0.15) is 12.4 Å².